The first-order valence-electron chi connectivity index (χ1n) is 8.66. The van der Waals surface area contributed by atoms with Crippen LogP contribution in [-0.4, -0.2) is 10.9 Å². The molecule has 0 aliphatic carbocycles. The van der Waals surface area contributed by atoms with E-state index >= 15 is 0 Å². The molecule has 26 heavy (non-hydrogen) atoms. The molecule has 0 bridgehead atoms. The minimum atomic E-state index is -0.600. The van der Waals surface area contributed by atoms with Crippen LogP contribution in [0, 0.1) is 0 Å². The van der Waals surface area contributed by atoms with E-state index in [1.54, 1.807) is 6.20 Å². The molecule has 3 rings (SSSR count). The van der Waals surface area contributed by atoms with Crippen LogP contribution in [0.15, 0.2) is 79.0 Å². The van der Waals surface area contributed by atoms with Crippen molar-refractivity contribution in [2.45, 2.75) is 25.8 Å². The summed E-state index contributed by atoms with van der Waals surface area (Å²) in [7, 11) is 0. The van der Waals surface area contributed by atoms with E-state index in [2.05, 4.69) is 15.6 Å². The number of rotatable bonds is 6. The van der Waals surface area contributed by atoms with Crippen molar-refractivity contribution in [2.75, 3.05) is 10.6 Å². The predicted molar refractivity (Wildman–Crippen MR) is 106 cm³/mol. The van der Waals surface area contributed by atoms with Crippen LogP contribution in [0.5, 0.6) is 0 Å². The molecule has 0 aliphatic heterocycles. The van der Waals surface area contributed by atoms with Gasteiger partial charge in [-0.2, -0.15) is 0 Å². The number of carbonyl (C=O) groups is 1. The van der Waals surface area contributed by atoms with Gasteiger partial charge >= 0.3 is 0 Å². The zero-order chi connectivity index (χ0) is 18.4. The van der Waals surface area contributed by atoms with Crippen molar-refractivity contribution in [2.24, 2.45) is 0 Å². The number of nitrogens with zero attached hydrogens (tertiary/aromatic N) is 1. The number of aromatic nitrogens is 1. The molecule has 2 aromatic carbocycles. The van der Waals surface area contributed by atoms with Gasteiger partial charge in [0.25, 0.3) is 0 Å². The zero-order valence-electron chi connectivity index (χ0n) is 15.1. The van der Waals surface area contributed by atoms with Crippen molar-refractivity contribution >= 4 is 17.3 Å². The molecule has 0 fully saturated rings. The van der Waals surface area contributed by atoms with Crippen LogP contribution in [0.1, 0.15) is 25.1 Å². The maximum atomic E-state index is 12.7. The van der Waals surface area contributed by atoms with Crippen LogP contribution in [0.25, 0.3) is 0 Å². The van der Waals surface area contributed by atoms with Gasteiger partial charge in [-0.15, -0.1) is 0 Å². The summed E-state index contributed by atoms with van der Waals surface area (Å²) >= 11 is 0. The first kappa shape index (κ1) is 17.7. The van der Waals surface area contributed by atoms with Gasteiger partial charge in [-0.1, -0.05) is 36.4 Å². The Morgan fingerprint density at radius 3 is 2.19 bits per heavy atom. The molecule has 4 heteroatoms. The normalized spacial score (nSPS) is 11.0. The fraction of sp³-hybridized carbons (Fsp3) is 0.182. The van der Waals surface area contributed by atoms with E-state index in [-0.39, 0.29) is 5.91 Å². The summed E-state index contributed by atoms with van der Waals surface area (Å²) in [5.74, 6) is -0.0297. The lowest BCUT2D eigenvalue weighted by Crippen LogP contribution is -2.34. The third-order valence-corrected chi connectivity index (χ3v) is 4.41. The van der Waals surface area contributed by atoms with Crippen molar-refractivity contribution in [1.82, 2.24) is 4.98 Å². The van der Waals surface area contributed by atoms with E-state index in [4.69, 9.17) is 0 Å². The smallest absolute Gasteiger partial charge is 0.234 e. The Bertz CT molecular complexity index is 844. The molecule has 0 aliphatic rings. The van der Waals surface area contributed by atoms with E-state index in [0.29, 0.717) is 6.54 Å². The lowest BCUT2D eigenvalue weighted by Gasteiger charge is -2.24. The van der Waals surface area contributed by atoms with E-state index in [1.165, 1.54) is 0 Å². The molecule has 1 aromatic heterocycles. The van der Waals surface area contributed by atoms with Gasteiger partial charge in [0.05, 0.1) is 17.7 Å². The highest BCUT2D eigenvalue weighted by Gasteiger charge is 2.29. The van der Waals surface area contributed by atoms with Crippen molar-refractivity contribution in [1.29, 1.82) is 0 Å². The molecule has 2 N–H and O–H groups in total. The van der Waals surface area contributed by atoms with Gasteiger partial charge in [-0.25, -0.2) is 0 Å². The largest absolute Gasteiger partial charge is 0.379 e. The SMILES string of the molecule is CC(C)(C(=O)Nc1ccc(NCc2ccccn2)cc1)c1ccccc1. The van der Waals surface area contributed by atoms with Gasteiger partial charge in [0, 0.05) is 17.6 Å². The van der Waals surface area contributed by atoms with E-state index in [1.807, 2.05) is 86.6 Å². The van der Waals surface area contributed by atoms with Crippen LogP contribution in [0.2, 0.25) is 0 Å². The quantitative estimate of drug-likeness (QED) is 0.686. The number of nitrogens with one attached hydrogen (secondary N) is 2. The van der Waals surface area contributed by atoms with Crippen LogP contribution in [0.4, 0.5) is 11.4 Å². The molecule has 0 saturated heterocycles. The second kappa shape index (κ2) is 7.83. The molecule has 0 atom stereocenters. The maximum absolute atomic E-state index is 12.7. The Hall–Kier alpha value is -3.14. The minimum absolute atomic E-state index is 0.0297. The topological polar surface area (TPSA) is 54.0 Å². The van der Waals surface area contributed by atoms with Crippen molar-refractivity contribution in [3.05, 3.63) is 90.3 Å². The number of anilines is 2. The van der Waals surface area contributed by atoms with Gasteiger partial charge in [-0.3, -0.25) is 9.78 Å². The Morgan fingerprint density at radius 1 is 0.885 bits per heavy atom. The average Bonchev–Trinajstić information content (AvgIpc) is 2.69. The molecule has 0 unspecified atom stereocenters. The molecular formula is C22H23N3O. The number of hydrogen-bond donors (Lipinski definition) is 2. The van der Waals surface area contributed by atoms with Gasteiger partial charge in [0.2, 0.25) is 5.91 Å². The van der Waals surface area contributed by atoms with Crippen molar-refractivity contribution in [3.63, 3.8) is 0 Å². The minimum Gasteiger partial charge on any atom is -0.379 e. The highest BCUT2D eigenvalue weighted by atomic mass is 16.2. The molecule has 1 heterocycles. The number of benzene rings is 2. The van der Waals surface area contributed by atoms with Crippen molar-refractivity contribution < 1.29 is 4.79 Å². The molecule has 0 radical (unpaired) electrons. The summed E-state index contributed by atoms with van der Waals surface area (Å²) < 4.78 is 0. The van der Waals surface area contributed by atoms with Gasteiger partial charge in [0.1, 0.15) is 0 Å². The molecule has 4 nitrogen and oxygen atoms in total. The van der Waals surface area contributed by atoms with Crippen LogP contribution < -0.4 is 10.6 Å². The van der Waals surface area contributed by atoms with E-state index < -0.39 is 5.41 Å². The summed E-state index contributed by atoms with van der Waals surface area (Å²) in [4.78, 5) is 17.0. The second-order valence-electron chi connectivity index (χ2n) is 6.70. The van der Waals surface area contributed by atoms with Gasteiger partial charge < -0.3 is 10.6 Å². The zero-order valence-corrected chi connectivity index (χ0v) is 15.1. The lowest BCUT2D eigenvalue weighted by atomic mass is 9.83. The van der Waals surface area contributed by atoms with Gasteiger partial charge in [-0.05, 0) is 55.8 Å². The third kappa shape index (κ3) is 4.28. The first-order valence-corrected chi connectivity index (χ1v) is 8.66. The molecule has 132 valence electrons. The van der Waals surface area contributed by atoms with Crippen molar-refractivity contribution in [3.8, 4) is 0 Å². The fourth-order valence-electron chi connectivity index (χ4n) is 2.64. The Balaban J connectivity index is 1.61. The highest BCUT2D eigenvalue weighted by molar-refractivity contribution is 5.98. The van der Waals surface area contributed by atoms with E-state index in [0.717, 1.165) is 22.6 Å². The maximum Gasteiger partial charge on any atom is 0.234 e. The monoisotopic (exact) mass is 345 g/mol. The summed E-state index contributed by atoms with van der Waals surface area (Å²) in [5, 5.41) is 6.32. The lowest BCUT2D eigenvalue weighted by molar-refractivity contribution is -0.120. The Kier molecular flexibility index (Phi) is 5.32. The molecule has 1 amide bonds. The standard InChI is InChI=1S/C22H23N3O/c1-22(2,17-8-4-3-5-9-17)21(26)25-19-13-11-18(12-14-19)24-16-20-10-6-7-15-23-20/h3-15,24H,16H2,1-2H3,(H,25,26). The number of carbonyl (C=O) groups excluding carboxylic acids is 1. The average molecular weight is 345 g/mol. The Morgan fingerprint density at radius 2 is 1.54 bits per heavy atom. The molecule has 0 saturated carbocycles. The first-order chi connectivity index (χ1) is 12.6. The summed E-state index contributed by atoms with van der Waals surface area (Å²) in [6.07, 6.45) is 1.78. The van der Waals surface area contributed by atoms with Gasteiger partial charge in [0.15, 0.2) is 0 Å². The van der Waals surface area contributed by atoms with Crippen LogP contribution in [0.3, 0.4) is 0 Å². The number of hydrogen-bond acceptors (Lipinski definition) is 3. The summed E-state index contributed by atoms with van der Waals surface area (Å²) in [6.45, 7) is 4.52. The summed E-state index contributed by atoms with van der Waals surface area (Å²) in [5.41, 5.74) is 3.14. The number of pyridine rings is 1. The predicted octanol–water partition coefficient (Wildman–Crippen LogP) is 4.61. The van der Waals surface area contributed by atoms with E-state index in [9.17, 15) is 4.79 Å². The highest BCUT2D eigenvalue weighted by Crippen LogP contribution is 2.25. The molecule has 0 spiro atoms. The van der Waals surface area contributed by atoms with Crippen LogP contribution in [-0.2, 0) is 16.8 Å². The van der Waals surface area contributed by atoms with Crippen LogP contribution >= 0.6 is 0 Å². The third-order valence-electron chi connectivity index (χ3n) is 4.41. The number of amides is 1. The molecule has 3 aromatic rings. The summed E-state index contributed by atoms with van der Waals surface area (Å²) in [6, 6.07) is 23.4. The Labute approximate surface area is 154 Å². The second-order valence-corrected chi connectivity index (χ2v) is 6.70. The molecular weight excluding hydrogens is 322 g/mol. The fourth-order valence-corrected chi connectivity index (χ4v) is 2.64.